The van der Waals surface area contributed by atoms with Gasteiger partial charge in [0.05, 0.1) is 0 Å². The molecule has 0 spiro atoms. The average Bonchev–Trinajstić information content (AvgIpc) is 3.01. The van der Waals surface area contributed by atoms with Crippen molar-refractivity contribution in [2.24, 2.45) is 5.92 Å². The normalized spacial score (nSPS) is 15.0. The number of nitrogens with one attached hydrogen (secondary N) is 2. The van der Waals surface area contributed by atoms with Gasteiger partial charge < -0.3 is 20.6 Å². The minimum absolute atomic E-state index is 0.0674. The van der Waals surface area contributed by atoms with Crippen LogP contribution in [0.1, 0.15) is 29.7 Å². The molecule has 1 saturated heterocycles. The molecule has 1 fully saturated rings. The summed E-state index contributed by atoms with van der Waals surface area (Å²) in [5.41, 5.74) is 0.485. The van der Waals surface area contributed by atoms with E-state index >= 15 is 0 Å². The average molecular weight is 740 g/mol. The standard InChI is InChI=1S/C30H29F3IN5O4S/c31-30(32,33)25-10-13-35-29(38-25)39-14-11-21(12-15-39)26(40)36-23(16-19-6-8-22(34)9-7-19)27(41)37-24(28(42)43)18-44-17-20-4-2-1-3-5-20/h1-10,13,16,21,24H,11-12,14-15,17-18H2,(H,36,40)(H,37,41)(H,42,43)/b23-16+/t24-/m0/s1. The van der Waals surface area contributed by atoms with Crippen LogP contribution in [0.25, 0.3) is 6.08 Å². The highest BCUT2D eigenvalue weighted by Gasteiger charge is 2.34. The Morgan fingerprint density at radius 3 is 2.39 bits per heavy atom. The van der Waals surface area contributed by atoms with Crippen LogP contribution in [0.2, 0.25) is 0 Å². The number of hydrogen-bond acceptors (Lipinski definition) is 7. The molecule has 9 nitrogen and oxygen atoms in total. The zero-order chi connectivity index (χ0) is 31.7. The number of rotatable bonds is 11. The van der Waals surface area contributed by atoms with Crippen LogP contribution in [0.15, 0.2) is 72.6 Å². The summed E-state index contributed by atoms with van der Waals surface area (Å²) in [6.07, 6.45) is -1.49. The molecule has 44 heavy (non-hydrogen) atoms. The van der Waals surface area contributed by atoms with E-state index in [0.717, 1.165) is 21.4 Å². The third kappa shape index (κ3) is 9.67. The van der Waals surface area contributed by atoms with Crippen LogP contribution < -0.4 is 15.5 Å². The lowest BCUT2D eigenvalue weighted by Gasteiger charge is -2.31. The fourth-order valence-corrected chi connectivity index (χ4v) is 5.77. The molecule has 0 aliphatic carbocycles. The highest BCUT2D eigenvalue weighted by molar-refractivity contribution is 14.1. The van der Waals surface area contributed by atoms with E-state index in [1.807, 2.05) is 42.5 Å². The number of carbonyl (C=O) groups is 3. The number of alkyl halides is 3. The number of amides is 2. The Labute approximate surface area is 269 Å². The number of thioether (sulfide) groups is 1. The predicted octanol–water partition coefficient (Wildman–Crippen LogP) is 4.98. The van der Waals surface area contributed by atoms with E-state index in [9.17, 15) is 32.7 Å². The van der Waals surface area contributed by atoms with Crippen LogP contribution >= 0.6 is 34.4 Å². The highest BCUT2D eigenvalue weighted by Crippen LogP contribution is 2.29. The monoisotopic (exact) mass is 739 g/mol. The molecule has 232 valence electrons. The number of aliphatic carboxylic acids is 1. The molecule has 0 bridgehead atoms. The molecule has 4 rings (SSSR count). The summed E-state index contributed by atoms with van der Waals surface area (Å²) < 4.78 is 40.2. The quantitative estimate of drug-likeness (QED) is 0.186. The van der Waals surface area contributed by atoms with Crippen molar-refractivity contribution in [2.75, 3.05) is 23.7 Å². The van der Waals surface area contributed by atoms with Gasteiger partial charge in [0.15, 0.2) is 0 Å². The van der Waals surface area contributed by atoms with Gasteiger partial charge in [0, 0.05) is 40.3 Å². The summed E-state index contributed by atoms with van der Waals surface area (Å²) in [6.45, 7) is 0.475. The number of halogens is 4. The van der Waals surface area contributed by atoms with E-state index in [1.54, 1.807) is 17.0 Å². The maximum atomic E-state index is 13.3. The molecular weight excluding hydrogens is 710 g/mol. The third-order valence-corrected chi connectivity index (χ3v) is 8.59. The molecule has 1 aliphatic rings. The lowest BCUT2D eigenvalue weighted by atomic mass is 9.96. The smallest absolute Gasteiger partial charge is 0.433 e. The molecular formula is C30H29F3IN5O4S. The van der Waals surface area contributed by atoms with E-state index in [-0.39, 0.29) is 43.3 Å². The molecule has 0 radical (unpaired) electrons. The Morgan fingerprint density at radius 1 is 1.07 bits per heavy atom. The van der Waals surface area contributed by atoms with E-state index in [4.69, 9.17) is 0 Å². The van der Waals surface area contributed by atoms with Crippen molar-refractivity contribution in [3.8, 4) is 0 Å². The Balaban J connectivity index is 1.42. The van der Waals surface area contributed by atoms with Crippen LogP contribution in [0.4, 0.5) is 19.1 Å². The van der Waals surface area contributed by atoms with Gasteiger partial charge in [-0.25, -0.2) is 14.8 Å². The summed E-state index contributed by atoms with van der Waals surface area (Å²) >= 11 is 3.50. The van der Waals surface area contributed by atoms with E-state index < -0.39 is 41.6 Å². The first kappa shape index (κ1) is 33.2. The maximum absolute atomic E-state index is 13.3. The molecule has 2 heterocycles. The summed E-state index contributed by atoms with van der Waals surface area (Å²) in [5, 5.41) is 15.0. The molecule has 1 aromatic heterocycles. The summed E-state index contributed by atoms with van der Waals surface area (Å²) in [5.74, 6) is -2.35. The van der Waals surface area contributed by atoms with E-state index in [2.05, 4.69) is 43.2 Å². The van der Waals surface area contributed by atoms with Crippen molar-refractivity contribution in [3.63, 3.8) is 0 Å². The Bertz CT molecular complexity index is 1480. The van der Waals surface area contributed by atoms with Gasteiger partial charge in [0.25, 0.3) is 5.91 Å². The first-order valence-corrected chi connectivity index (χ1v) is 15.8. The van der Waals surface area contributed by atoms with Gasteiger partial charge in [0.2, 0.25) is 11.9 Å². The second-order valence-corrected chi connectivity index (χ2v) is 12.2. The van der Waals surface area contributed by atoms with Gasteiger partial charge in [-0.1, -0.05) is 42.5 Å². The fourth-order valence-electron chi connectivity index (χ4n) is 4.40. The van der Waals surface area contributed by atoms with Gasteiger partial charge in [-0.3, -0.25) is 9.59 Å². The third-order valence-electron chi connectivity index (χ3n) is 6.76. The number of anilines is 1. The van der Waals surface area contributed by atoms with Crippen molar-refractivity contribution in [3.05, 3.63) is 92.9 Å². The van der Waals surface area contributed by atoms with Crippen molar-refractivity contribution >= 4 is 64.2 Å². The first-order chi connectivity index (χ1) is 21.0. The minimum atomic E-state index is -4.60. The zero-order valence-corrected chi connectivity index (χ0v) is 26.2. The Kier molecular flexibility index (Phi) is 11.6. The first-order valence-electron chi connectivity index (χ1n) is 13.6. The fraction of sp³-hybridized carbons (Fsp3) is 0.300. The van der Waals surface area contributed by atoms with Crippen LogP contribution in [0.5, 0.6) is 0 Å². The van der Waals surface area contributed by atoms with E-state index in [1.165, 1.54) is 17.8 Å². The van der Waals surface area contributed by atoms with Crippen LogP contribution in [0, 0.1) is 9.49 Å². The van der Waals surface area contributed by atoms with E-state index in [0.29, 0.717) is 11.3 Å². The summed E-state index contributed by atoms with van der Waals surface area (Å²) in [7, 11) is 0. The van der Waals surface area contributed by atoms with Crippen molar-refractivity contribution in [1.29, 1.82) is 0 Å². The lowest BCUT2D eigenvalue weighted by Crippen LogP contribution is -2.47. The van der Waals surface area contributed by atoms with Crippen LogP contribution in [-0.4, -0.2) is 57.7 Å². The molecule has 2 amide bonds. The molecule has 3 aromatic rings. The Hall–Kier alpha value is -3.66. The molecule has 3 N–H and O–H groups in total. The molecule has 1 aliphatic heterocycles. The maximum Gasteiger partial charge on any atom is 0.433 e. The van der Waals surface area contributed by atoms with Gasteiger partial charge in [-0.05, 0) is 70.8 Å². The number of carbonyl (C=O) groups excluding carboxylic acids is 2. The second kappa shape index (κ2) is 15.4. The van der Waals surface area contributed by atoms with Crippen LogP contribution in [-0.2, 0) is 26.3 Å². The largest absolute Gasteiger partial charge is 0.480 e. The van der Waals surface area contributed by atoms with Crippen LogP contribution in [0.3, 0.4) is 0 Å². The number of nitrogens with zero attached hydrogens (tertiary/aromatic N) is 3. The minimum Gasteiger partial charge on any atom is -0.480 e. The number of carboxylic acids is 1. The lowest BCUT2D eigenvalue weighted by molar-refractivity contribution is -0.141. The number of benzene rings is 2. The van der Waals surface area contributed by atoms with Gasteiger partial charge in [-0.2, -0.15) is 24.9 Å². The topological polar surface area (TPSA) is 125 Å². The molecule has 0 unspecified atom stereocenters. The SMILES string of the molecule is O=C(N[C@@H](CSCc1ccccc1)C(=O)O)/C(=C\c1ccc(I)cc1)NC(=O)C1CCN(c2nccc(C(F)(F)F)n2)CC1. The molecule has 2 aromatic carbocycles. The van der Waals surface area contributed by atoms with Crippen molar-refractivity contribution in [1.82, 2.24) is 20.6 Å². The summed E-state index contributed by atoms with van der Waals surface area (Å²) in [6, 6.07) is 16.3. The Morgan fingerprint density at radius 2 is 1.75 bits per heavy atom. The highest BCUT2D eigenvalue weighted by atomic mass is 127. The molecule has 0 saturated carbocycles. The zero-order valence-electron chi connectivity index (χ0n) is 23.3. The van der Waals surface area contributed by atoms with Gasteiger partial charge in [0.1, 0.15) is 17.4 Å². The van der Waals surface area contributed by atoms with Crippen molar-refractivity contribution < 1.29 is 32.7 Å². The molecule has 14 heteroatoms. The number of hydrogen-bond donors (Lipinski definition) is 3. The van der Waals surface area contributed by atoms with Crippen molar-refractivity contribution in [2.45, 2.75) is 30.8 Å². The number of aromatic nitrogens is 2. The number of carboxylic acid groups (broad SMARTS) is 1. The van der Waals surface area contributed by atoms with Gasteiger partial charge in [-0.15, -0.1) is 0 Å². The van der Waals surface area contributed by atoms with Gasteiger partial charge >= 0.3 is 12.1 Å². The predicted molar refractivity (Wildman–Crippen MR) is 169 cm³/mol. The molecule has 1 atom stereocenters. The summed E-state index contributed by atoms with van der Waals surface area (Å²) in [4.78, 5) is 47.8. The second-order valence-electron chi connectivity index (χ2n) is 9.96. The number of piperidine rings is 1.